The van der Waals surface area contributed by atoms with E-state index in [1.54, 1.807) is 0 Å². The van der Waals surface area contributed by atoms with Crippen LogP contribution in [-0.2, 0) is 0 Å². The Labute approximate surface area is 115 Å². The monoisotopic (exact) mass is 266 g/mol. The smallest absolute Gasteiger partial charge is 0.156 e. The van der Waals surface area contributed by atoms with E-state index >= 15 is 0 Å². The molecular formula is C15H26N2S. The van der Waals surface area contributed by atoms with Crippen molar-refractivity contribution in [1.82, 2.24) is 5.32 Å². The molecule has 1 unspecified atom stereocenters. The Morgan fingerprint density at radius 3 is 2.44 bits per heavy atom. The maximum atomic E-state index is 4.67. The van der Waals surface area contributed by atoms with Gasteiger partial charge in [-0.25, -0.2) is 0 Å². The maximum Gasteiger partial charge on any atom is 0.156 e. The zero-order valence-electron chi connectivity index (χ0n) is 11.7. The fourth-order valence-corrected chi connectivity index (χ4v) is 4.40. The van der Waals surface area contributed by atoms with Crippen molar-refractivity contribution < 1.29 is 0 Å². The summed E-state index contributed by atoms with van der Waals surface area (Å²) in [4.78, 5) is 4.67. The van der Waals surface area contributed by atoms with Crippen LogP contribution in [0.5, 0.6) is 0 Å². The summed E-state index contributed by atoms with van der Waals surface area (Å²) in [6.07, 6.45) is 7.24. The van der Waals surface area contributed by atoms with Crippen LogP contribution in [0.4, 0.5) is 0 Å². The van der Waals surface area contributed by atoms with Crippen LogP contribution in [0.15, 0.2) is 4.99 Å². The molecule has 2 nitrogen and oxygen atoms in total. The second-order valence-corrected chi connectivity index (χ2v) is 8.02. The molecule has 3 rings (SSSR count). The van der Waals surface area contributed by atoms with Gasteiger partial charge in [-0.3, -0.25) is 4.99 Å². The molecule has 3 aliphatic rings. The van der Waals surface area contributed by atoms with E-state index in [2.05, 4.69) is 24.2 Å². The molecule has 1 aliphatic heterocycles. The highest BCUT2D eigenvalue weighted by atomic mass is 32.2. The minimum Gasteiger partial charge on any atom is -0.365 e. The molecule has 0 aromatic heterocycles. The fourth-order valence-electron chi connectivity index (χ4n) is 3.14. The number of nitrogens with one attached hydrogen (secondary N) is 1. The van der Waals surface area contributed by atoms with Crippen molar-refractivity contribution in [2.24, 2.45) is 28.7 Å². The highest BCUT2D eigenvalue weighted by Crippen LogP contribution is 2.48. The third kappa shape index (κ3) is 3.43. The SMILES string of the molecule is CC(C)CC1CN=C(NCC(C2CC2)C2CC2)S1. The van der Waals surface area contributed by atoms with Crippen LogP contribution >= 0.6 is 11.8 Å². The average molecular weight is 266 g/mol. The predicted molar refractivity (Wildman–Crippen MR) is 80.1 cm³/mol. The standard InChI is InChI=1S/C15H26N2S/c1-10(2)7-13-8-16-15(18-13)17-9-14(11-3-4-11)12-5-6-12/h10-14H,3-9H2,1-2H3,(H,16,17). The Bertz CT molecular complexity index is 306. The first-order valence-corrected chi connectivity index (χ1v) is 8.55. The molecule has 0 radical (unpaired) electrons. The summed E-state index contributed by atoms with van der Waals surface area (Å²) >= 11 is 1.98. The minimum absolute atomic E-state index is 0.729. The molecule has 1 atom stereocenters. The number of thioether (sulfide) groups is 1. The van der Waals surface area contributed by atoms with Crippen LogP contribution in [0, 0.1) is 23.7 Å². The summed E-state index contributed by atoms with van der Waals surface area (Å²) in [6, 6.07) is 0. The van der Waals surface area contributed by atoms with Gasteiger partial charge in [0.25, 0.3) is 0 Å². The number of nitrogens with zero attached hydrogens (tertiary/aromatic N) is 1. The summed E-state index contributed by atoms with van der Waals surface area (Å²) in [7, 11) is 0. The van der Waals surface area contributed by atoms with Crippen LogP contribution in [0.2, 0.25) is 0 Å². The molecule has 2 saturated carbocycles. The maximum absolute atomic E-state index is 4.67. The summed E-state index contributed by atoms with van der Waals surface area (Å²) in [5.41, 5.74) is 0. The van der Waals surface area contributed by atoms with E-state index in [-0.39, 0.29) is 0 Å². The van der Waals surface area contributed by atoms with Gasteiger partial charge in [0.05, 0.1) is 6.54 Å². The van der Waals surface area contributed by atoms with Crippen molar-refractivity contribution in [3.63, 3.8) is 0 Å². The lowest BCUT2D eigenvalue weighted by Gasteiger charge is -2.17. The lowest BCUT2D eigenvalue weighted by atomic mass is 9.98. The Balaban J connectivity index is 1.40. The number of rotatable bonds is 6. The number of hydrogen-bond donors (Lipinski definition) is 1. The van der Waals surface area contributed by atoms with Crippen LogP contribution < -0.4 is 5.32 Å². The average Bonchev–Trinajstić information content (AvgIpc) is 3.19. The van der Waals surface area contributed by atoms with Crippen LogP contribution in [0.1, 0.15) is 46.0 Å². The third-order valence-electron chi connectivity index (χ3n) is 4.40. The van der Waals surface area contributed by atoms with Crippen molar-refractivity contribution in [2.45, 2.75) is 51.2 Å². The molecule has 2 aliphatic carbocycles. The van der Waals surface area contributed by atoms with Gasteiger partial charge in [0.15, 0.2) is 5.17 Å². The Morgan fingerprint density at radius 1 is 1.22 bits per heavy atom. The van der Waals surface area contributed by atoms with Gasteiger partial charge in [0, 0.05) is 11.8 Å². The van der Waals surface area contributed by atoms with Crippen molar-refractivity contribution in [1.29, 1.82) is 0 Å². The van der Waals surface area contributed by atoms with E-state index < -0.39 is 0 Å². The summed E-state index contributed by atoms with van der Waals surface area (Å²) in [5.74, 6) is 3.84. The second kappa shape index (κ2) is 5.44. The lowest BCUT2D eigenvalue weighted by Crippen LogP contribution is -2.29. The molecule has 2 fully saturated rings. The third-order valence-corrected chi connectivity index (χ3v) is 5.57. The van der Waals surface area contributed by atoms with Gasteiger partial charge >= 0.3 is 0 Å². The topological polar surface area (TPSA) is 24.4 Å². The number of hydrogen-bond acceptors (Lipinski definition) is 3. The largest absolute Gasteiger partial charge is 0.365 e. The molecule has 0 bridgehead atoms. The summed E-state index contributed by atoms with van der Waals surface area (Å²) in [5, 5.41) is 5.60. The van der Waals surface area contributed by atoms with Gasteiger partial charge in [-0.05, 0) is 55.8 Å². The normalized spacial score (nSPS) is 28.0. The van der Waals surface area contributed by atoms with E-state index in [4.69, 9.17) is 0 Å². The van der Waals surface area contributed by atoms with Gasteiger partial charge in [0.2, 0.25) is 0 Å². The molecule has 18 heavy (non-hydrogen) atoms. The highest BCUT2D eigenvalue weighted by Gasteiger charge is 2.41. The Kier molecular flexibility index (Phi) is 3.88. The molecule has 102 valence electrons. The van der Waals surface area contributed by atoms with Crippen molar-refractivity contribution in [3.05, 3.63) is 0 Å². The zero-order valence-corrected chi connectivity index (χ0v) is 12.5. The fraction of sp³-hybridized carbons (Fsp3) is 0.933. The van der Waals surface area contributed by atoms with E-state index in [0.29, 0.717) is 0 Å². The quantitative estimate of drug-likeness (QED) is 0.795. The van der Waals surface area contributed by atoms with E-state index in [1.165, 1.54) is 43.8 Å². The van der Waals surface area contributed by atoms with Crippen LogP contribution in [-0.4, -0.2) is 23.5 Å². The molecule has 0 amide bonds. The van der Waals surface area contributed by atoms with E-state index in [1.807, 2.05) is 11.8 Å². The second-order valence-electron chi connectivity index (χ2n) is 6.73. The van der Waals surface area contributed by atoms with E-state index in [9.17, 15) is 0 Å². The van der Waals surface area contributed by atoms with Crippen LogP contribution in [0.3, 0.4) is 0 Å². The Morgan fingerprint density at radius 2 is 1.89 bits per heavy atom. The molecule has 0 spiro atoms. The molecule has 3 heteroatoms. The molecule has 1 N–H and O–H groups in total. The molecule has 1 heterocycles. The van der Waals surface area contributed by atoms with E-state index in [0.717, 1.165) is 35.5 Å². The van der Waals surface area contributed by atoms with Crippen molar-refractivity contribution in [2.75, 3.05) is 13.1 Å². The molecule has 0 aromatic rings. The zero-order chi connectivity index (χ0) is 12.5. The molecular weight excluding hydrogens is 240 g/mol. The predicted octanol–water partition coefficient (Wildman–Crippen LogP) is 3.53. The van der Waals surface area contributed by atoms with Gasteiger partial charge in [-0.1, -0.05) is 25.6 Å². The Hall–Kier alpha value is -0.180. The van der Waals surface area contributed by atoms with Crippen LogP contribution in [0.25, 0.3) is 0 Å². The van der Waals surface area contributed by atoms with Gasteiger partial charge < -0.3 is 5.32 Å². The van der Waals surface area contributed by atoms with Crippen molar-refractivity contribution >= 4 is 16.9 Å². The summed E-state index contributed by atoms with van der Waals surface area (Å²) < 4.78 is 0. The highest BCUT2D eigenvalue weighted by molar-refractivity contribution is 8.14. The molecule has 0 aromatic carbocycles. The minimum atomic E-state index is 0.729. The number of aliphatic imine (C=N–C) groups is 1. The summed E-state index contributed by atoms with van der Waals surface area (Å²) in [6.45, 7) is 6.84. The first-order chi connectivity index (χ1) is 8.72. The van der Waals surface area contributed by atoms with Gasteiger partial charge in [-0.2, -0.15) is 0 Å². The first-order valence-electron chi connectivity index (χ1n) is 7.67. The number of amidine groups is 1. The molecule has 0 saturated heterocycles. The van der Waals surface area contributed by atoms with Gasteiger partial charge in [0.1, 0.15) is 0 Å². The van der Waals surface area contributed by atoms with Gasteiger partial charge in [-0.15, -0.1) is 0 Å². The lowest BCUT2D eigenvalue weighted by molar-refractivity contribution is 0.403. The first kappa shape index (κ1) is 12.8. The van der Waals surface area contributed by atoms with Crippen molar-refractivity contribution in [3.8, 4) is 0 Å².